The zero-order chi connectivity index (χ0) is 17.4. The molecule has 2 fully saturated rings. The normalized spacial score (nSPS) is 21.9. The summed E-state index contributed by atoms with van der Waals surface area (Å²) in [5, 5.41) is 10.3. The Morgan fingerprint density at radius 2 is 2.08 bits per heavy atom. The Balaban J connectivity index is 1.48. The summed E-state index contributed by atoms with van der Waals surface area (Å²) < 4.78 is 1.87. The lowest BCUT2D eigenvalue weighted by Gasteiger charge is -2.19. The number of aromatic nitrogens is 2. The number of rotatable bonds is 5. The molecule has 2 aliphatic rings. The highest BCUT2D eigenvalue weighted by atomic mass is 16.2. The predicted octanol–water partition coefficient (Wildman–Crippen LogP) is 1.03. The van der Waals surface area contributed by atoms with Crippen molar-refractivity contribution >= 4 is 11.9 Å². The summed E-state index contributed by atoms with van der Waals surface area (Å²) in [5.41, 5.74) is 3.31. The lowest BCUT2D eigenvalue weighted by Crippen LogP contribution is -2.47. The van der Waals surface area contributed by atoms with Crippen molar-refractivity contribution < 1.29 is 9.59 Å². The van der Waals surface area contributed by atoms with Gasteiger partial charge >= 0.3 is 6.03 Å². The number of urea groups is 1. The average molecular weight is 333 g/mol. The number of hydrogen-bond acceptors (Lipinski definition) is 3. The van der Waals surface area contributed by atoms with Crippen molar-refractivity contribution in [2.24, 2.45) is 7.05 Å². The minimum atomic E-state index is -0.197. The van der Waals surface area contributed by atoms with Gasteiger partial charge in [-0.2, -0.15) is 5.10 Å². The van der Waals surface area contributed by atoms with Gasteiger partial charge in [0.05, 0.1) is 11.7 Å². The van der Waals surface area contributed by atoms with Gasteiger partial charge in [0.1, 0.15) is 0 Å². The molecule has 7 nitrogen and oxygen atoms in total. The second kappa shape index (κ2) is 6.45. The molecule has 2 N–H and O–H groups in total. The standard InChI is InChI=1S/C17H27N5O2/c1-10(7-15-11(2)20-21(4)12(15)3)18-17(24)19-13-8-16(23)22(9-13)14-5-6-14/h10,13-14H,5-9H2,1-4H3,(H2,18,19,24)/t10-,13-/m1/s1. The first-order valence-electron chi connectivity index (χ1n) is 8.70. The second-order valence-electron chi connectivity index (χ2n) is 7.17. The van der Waals surface area contributed by atoms with Gasteiger partial charge in [-0.05, 0) is 45.6 Å². The van der Waals surface area contributed by atoms with E-state index in [1.165, 1.54) is 5.56 Å². The van der Waals surface area contributed by atoms with Crippen molar-refractivity contribution in [3.05, 3.63) is 17.0 Å². The highest BCUT2D eigenvalue weighted by molar-refractivity contribution is 5.82. The summed E-state index contributed by atoms with van der Waals surface area (Å²) >= 11 is 0. The van der Waals surface area contributed by atoms with Gasteiger partial charge in [-0.15, -0.1) is 0 Å². The third-order valence-electron chi connectivity index (χ3n) is 5.03. The number of aryl methyl sites for hydroxylation is 2. The summed E-state index contributed by atoms with van der Waals surface area (Å²) in [5.74, 6) is 0.164. The minimum Gasteiger partial charge on any atom is -0.338 e. The molecule has 0 aromatic carbocycles. The number of carbonyl (C=O) groups excluding carboxylic acids is 2. The van der Waals surface area contributed by atoms with Gasteiger partial charge in [0, 0.05) is 37.8 Å². The van der Waals surface area contributed by atoms with Crippen molar-refractivity contribution in [1.29, 1.82) is 0 Å². The van der Waals surface area contributed by atoms with E-state index in [0.29, 0.717) is 19.0 Å². The van der Waals surface area contributed by atoms with Crippen LogP contribution in [-0.4, -0.2) is 51.3 Å². The third-order valence-corrected chi connectivity index (χ3v) is 5.03. The van der Waals surface area contributed by atoms with Gasteiger partial charge in [0.2, 0.25) is 5.91 Å². The molecule has 3 amide bonds. The smallest absolute Gasteiger partial charge is 0.315 e. The molecule has 1 saturated carbocycles. The van der Waals surface area contributed by atoms with Crippen LogP contribution >= 0.6 is 0 Å². The molecule has 1 aromatic heterocycles. The number of amides is 3. The summed E-state index contributed by atoms with van der Waals surface area (Å²) in [4.78, 5) is 26.0. The Morgan fingerprint density at radius 1 is 1.38 bits per heavy atom. The number of carbonyl (C=O) groups is 2. The van der Waals surface area contributed by atoms with E-state index < -0.39 is 0 Å². The first-order chi connectivity index (χ1) is 11.3. The first-order valence-corrected chi connectivity index (χ1v) is 8.70. The molecule has 1 aromatic rings. The zero-order valence-corrected chi connectivity index (χ0v) is 14.9. The molecule has 7 heteroatoms. The quantitative estimate of drug-likeness (QED) is 0.845. The van der Waals surface area contributed by atoms with Crippen molar-refractivity contribution in [3.63, 3.8) is 0 Å². The fourth-order valence-electron chi connectivity index (χ4n) is 3.49. The number of likely N-dealkylation sites (tertiary alicyclic amines) is 1. The lowest BCUT2D eigenvalue weighted by molar-refractivity contribution is -0.128. The Morgan fingerprint density at radius 3 is 2.67 bits per heavy atom. The zero-order valence-electron chi connectivity index (χ0n) is 14.9. The van der Waals surface area contributed by atoms with Gasteiger partial charge in [0.15, 0.2) is 0 Å². The van der Waals surface area contributed by atoms with Crippen LogP contribution in [0.1, 0.15) is 43.1 Å². The summed E-state index contributed by atoms with van der Waals surface area (Å²) in [6, 6.07) is 0.148. The molecule has 3 rings (SSSR count). The molecule has 0 unspecified atom stereocenters. The van der Waals surface area contributed by atoms with E-state index in [4.69, 9.17) is 0 Å². The van der Waals surface area contributed by atoms with E-state index >= 15 is 0 Å². The van der Waals surface area contributed by atoms with Gasteiger partial charge in [-0.1, -0.05) is 0 Å². The van der Waals surface area contributed by atoms with Gasteiger partial charge in [-0.3, -0.25) is 9.48 Å². The molecule has 2 atom stereocenters. The monoisotopic (exact) mass is 333 g/mol. The number of nitrogens with zero attached hydrogens (tertiary/aromatic N) is 3. The Hall–Kier alpha value is -2.05. The van der Waals surface area contributed by atoms with Crippen LogP contribution in [0.5, 0.6) is 0 Å². The molecule has 132 valence electrons. The molecule has 2 heterocycles. The van der Waals surface area contributed by atoms with E-state index in [-0.39, 0.29) is 24.0 Å². The van der Waals surface area contributed by atoms with E-state index in [0.717, 1.165) is 30.7 Å². The highest BCUT2D eigenvalue weighted by Gasteiger charge is 2.39. The van der Waals surface area contributed by atoms with Gasteiger partial charge < -0.3 is 15.5 Å². The van der Waals surface area contributed by atoms with Gasteiger partial charge in [0.25, 0.3) is 0 Å². The van der Waals surface area contributed by atoms with Crippen LogP contribution in [0.2, 0.25) is 0 Å². The Kier molecular flexibility index (Phi) is 4.51. The van der Waals surface area contributed by atoms with E-state index in [1.54, 1.807) is 0 Å². The van der Waals surface area contributed by atoms with Crippen molar-refractivity contribution in [1.82, 2.24) is 25.3 Å². The predicted molar refractivity (Wildman–Crippen MR) is 90.7 cm³/mol. The van der Waals surface area contributed by atoms with E-state index in [9.17, 15) is 9.59 Å². The molecular weight excluding hydrogens is 306 g/mol. The van der Waals surface area contributed by atoms with Crippen LogP contribution < -0.4 is 10.6 Å². The molecule has 1 aliphatic carbocycles. The molecule has 0 bridgehead atoms. The topological polar surface area (TPSA) is 79.3 Å². The summed E-state index contributed by atoms with van der Waals surface area (Å²) in [7, 11) is 1.93. The molecule has 0 spiro atoms. The van der Waals surface area contributed by atoms with Crippen LogP contribution in [0, 0.1) is 13.8 Å². The Bertz CT molecular complexity index is 650. The van der Waals surface area contributed by atoms with E-state index in [1.807, 2.05) is 37.4 Å². The molecule has 1 aliphatic heterocycles. The van der Waals surface area contributed by atoms with E-state index in [2.05, 4.69) is 15.7 Å². The van der Waals surface area contributed by atoms with Gasteiger partial charge in [-0.25, -0.2) is 4.79 Å². The van der Waals surface area contributed by atoms with Crippen molar-refractivity contribution in [2.45, 2.75) is 64.6 Å². The SMILES string of the molecule is Cc1nn(C)c(C)c1C[C@@H](C)NC(=O)N[C@@H]1CC(=O)N(C2CC2)C1. The number of nitrogens with one attached hydrogen (secondary N) is 2. The van der Waals surface area contributed by atoms with Crippen LogP contribution in [0.25, 0.3) is 0 Å². The maximum absolute atomic E-state index is 12.2. The van der Waals surface area contributed by atoms with Crippen LogP contribution in [-0.2, 0) is 18.3 Å². The van der Waals surface area contributed by atoms with Crippen molar-refractivity contribution in [2.75, 3.05) is 6.54 Å². The second-order valence-corrected chi connectivity index (χ2v) is 7.17. The summed E-state index contributed by atoms with van der Waals surface area (Å²) in [6.45, 7) is 6.67. The maximum Gasteiger partial charge on any atom is 0.315 e. The Labute approximate surface area is 142 Å². The molecule has 0 radical (unpaired) electrons. The fraction of sp³-hybridized carbons (Fsp3) is 0.706. The summed E-state index contributed by atoms with van der Waals surface area (Å²) in [6.07, 6.45) is 3.37. The maximum atomic E-state index is 12.2. The van der Waals surface area contributed by atoms with Crippen LogP contribution in [0.3, 0.4) is 0 Å². The molecule has 1 saturated heterocycles. The van der Waals surface area contributed by atoms with Crippen molar-refractivity contribution in [3.8, 4) is 0 Å². The minimum absolute atomic E-state index is 0.00300. The molecule has 24 heavy (non-hydrogen) atoms. The largest absolute Gasteiger partial charge is 0.338 e. The fourth-order valence-corrected chi connectivity index (χ4v) is 3.49. The molecular formula is C17H27N5O2. The third kappa shape index (κ3) is 3.55. The number of hydrogen-bond donors (Lipinski definition) is 2. The lowest BCUT2D eigenvalue weighted by atomic mass is 10.1. The van der Waals surface area contributed by atoms with Crippen LogP contribution in [0.4, 0.5) is 4.79 Å². The first kappa shape index (κ1) is 16.8. The van der Waals surface area contributed by atoms with Crippen LogP contribution in [0.15, 0.2) is 0 Å². The average Bonchev–Trinajstić information content (AvgIpc) is 3.23. The highest BCUT2D eigenvalue weighted by Crippen LogP contribution is 2.30.